The minimum Gasteiger partial charge on any atom is -0.496 e. The highest BCUT2D eigenvalue weighted by Crippen LogP contribution is 2.23. The molecule has 4 aromatic rings. The molecule has 0 bridgehead atoms. The lowest BCUT2D eigenvalue weighted by atomic mass is 10.1. The number of aromatic nitrogens is 4. The van der Waals surface area contributed by atoms with Crippen LogP contribution in [0.3, 0.4) is 0 Å². The Hall–Kier alpha value is -2.93. The van der Waals surface area contributed by atoms with E-state index in [9.17, 15) is 0 Å². The van der Waals surface area contributed by atoms with Crippen LogP contribution in [-0.2, 0) is 6.54 Å². The lowest BCUT2D eigenvalue weighted by Gasteiger charge is -2.11. The largest absolute Gasteiger partial charge is 0.496 e. The van der Waals surface area contributed by atoms with E-state index in [0.717, 1.165) is 34.2 Å². The molecule has 0 saturated carbocycles. The van der Waals surface area contributed by atoms with Gasteiger partial charge in [-0.15, -0.1) is 15.3 Å². The van der Waals surface area contributed by atoms with Crippen molar-refractivity contribution in [2.45, 2.75) is 13.5 Å². The number of nitrogens with one attached hydrogen (secondary N) is 1. The molecule has 126 valence electrons. The number of aryl methyl sites for hydroxylation is 1. The second kappa shape index (κ2) is 6.52. The van der Waals surface area contributed by atoms with E-state index < -0.39 is 0 Å². The third-order valence-electron chi connectivity index (χ3n) is 3.94. The van der Waals surface area contributed by atoms with Gasteiger partial charge < -0.3 is 10.1 Å². The number of rotatable bonds is 5. The number of methoxy groups -OCH3 is 1. The third-order valence-corrected chi connectivity index (χ3v) is 4.63. The summed E-state index contributed by atoms with van der Waals surface area (Å²) in [4.78, 5) is 0. The zero-order valence-corrected chi connectivity index (χ0v) is 14.7. The topological polar surface area (TPSA) is 64.3 Å². The summed E-state index contributed by atoms with van der Waals surface area (Å²) in [5.74, 6) is 2.37. The standard InChI is InChI=1S/C18H17N5OS/c1-12-3-4-13(15(9-12)24-2)10-19-16-5-6-17-20-21-18(23(17)22-16)14-7-8-25-11-14/h3-9,11H,10H2,1-2H3,(H,19,22). The maximum Gasteiger partial charge on any atom is 0.186 e. The van der Waals surface area contributed by atoms with Crippen molar-refractivity contribution in [1.82, 2.24) is 19.8 Å². The first kappa shape index (κ1) is 15.6. The molecule has 0 fully saturated rings. The van der Waals surface area contributed by atoms with Gasteiger partial charge >= 0.3 is 0 Å². The summed E-state index contributed by atoms with van der Waals surface area (Å²) in [6.07, 6.45) is 0. The maximum atomic E-state index is 5.46. The van der Waals surface area contributed by atoms with Gasteiger partial charge in [0.25, 0.3) is 0 Å². The molecule has 1 N–H and O–H groups in total. The van der Waals surface area contributed by atoms with Gasteiger partial charge in [-0.25, -0.2) is 0 Å². The number of hydrogen-bond donors (Lipinski definition) is 1. The van der Waals surface area contributed by atoms with Crippen molar-refractivity contribution in [3.05, 3.63) is 58.3 Å². The number of benzene rings is 1. The van der Waals surface area contributed by atoms with E-state index in [1.54, 1.807) is 23.0 Å². The normalized spacial score (nSPS) is 11.0. The van der Waals surface area contributed by atoms with Gasteiger partial charge in [-0.2, -0.15) is 15.9 Å². The molecule has 4 rings (SSSR count). The van der Waals surface area contributed by atoms with Crippen LogP contribution in [0.15, 0.2) is 47.2 Å². The molecule has 0 aliphatic heterocycles. The second-order valence-electron chi connectivity index (χ2n) is 5.69. The molecule has 25 heavy (non-hydrogen) atoms. The van der Waals surface area contributed by atoms with Gasteiger partial charge in [0.1, 0.15) is 11.6 Å². The maximum absolute atomic E-state index is 5.46. The van der Waals surface area contributed by atoms with Crippen LogP contribution >= 0.6 is 11.3 Å². The van der Waals surface area contributed by atoms with Gasteiger partial charge in [-0.1, -0.05) is 12.1 Å². The van der Waals surface area contributed by atoms with Gasteiger partial charge in [0, 0.05) is 23.1 Å². The summed E-state index contributed by atoms with van der Waals surface area (Å²) in [6.45, 7) is 2.67. The van der Waals surface area contributed by atoms with Crippen molar-refractivity contribution in [2.24, 2.45) is 0 Å². The Kier molecular flexibility index (Phi) is 4.07. The van der Waals surface area contributed by atoms with Crippen molar-refractivity contribution in [3.63, 3.8) is 0 Å². The first-order chi connectivity index (χ1) is 12.2. The fourth-order valence-electron chi connectivity index (χ4n) is 2.64. The molecule has 0 aliphatic carbocycles. The highest BCUT2D eigenvalue weighted by Gasteiger charge is 2.10. The first-order valence-corrected chi connectivity index (χ1v) is 8.81. The van der Waals surface area contributed by atoms with E-state index in [0.29, 0.717) is 6.54 Å². The van der Waals surface area contributed by atoms with E-state index in [1.165, 1.54) is 5.56 Å². The van der Waals surface area contributed by atoms with Crippen LogP contribution < -0.4 is 10.1 Å². The van der Waals surface area contributed by atoms with Gasteiger partial charge in [-0.3, -0.25) is 0 Å². The molecule has 6 nitrogen and oxygen atoms in total. The van der Waals surface area contributed by atoms with E-state index in [1.807, 2.05) is 41.9 Å². The number of ether oxygens (including phenoxy) is 1. The van der Waals surface area contributed by atoms with E-state index in [4.69, 9.17) is 4.74 Å². The second-order valence-corrected chi connectivity index (χ2v) is 6.47. The number of hydrogen-bond acceptors (Lipinski definition) is 6. The molecule has 3 aromatic heterocycles. The van der Waals surface area contributed by atoms with Crippen LogP contribution in [-0.4, -0.2) is 26.9 Å². The fourth-order valence-corrected chi connectivity index (χ4v) is 3.27. The number of fused-ring (bicyclic) bond motifs is 1. The highest BCUT2D eigenvalue weighted by molar-refractivity contribution is 7.08. The Labute approximate surface area is 149 Å². The Morgan fingerprint density at radius 2 is 2.08 bits per heavy atom. The highest BCUT2D eigenvalue weighted by atomic mass is 32.1. The predicted molar refractivity (Wildman–Crippen MR) is 99.2 cm³/mol. The predicted octanol–water partition coefficient (Wildman–Crippen LogP) is 3.78. The molecule has 3 heterocycles. The number of nitrogens with zero attached hydrogens (tertiary/aromatic N) is 4. The molecule has 0 spiro atoms. The van der Waals surface area contributed by atoms with Crippen LogP contribution in [0.25, 0.3) is 17.0 Å². The van der Waals surface area contributed by atoms with Crippen molar-refractivity contribution in [1.29, 1.82) is 0 Å². The summed E-state index contributed by atoms with van der Waals surface area (Å²) >= 11 is 1.62. The molecular weight excluding hydrogens is 334 g/mol. The molecule has 7 heteroatoms. The molecule has 0 unspecified atom stereocenters. The van der Waals surface area contributed by atoms with Crippen molar-refractivity contribution >= 4 is 22.8 Å². The van der Waals surface area contributed by atoms with Crippen molar-refractivity contribution < 1.29 is 4.74 Å². The molecule has 0 saturated heterocycles. The lowest BCUT2D eigenvalue weighted by molar-refractivity contribution is 0.410. The van der Waals surface area contributed by atoms with Crippen LogP contribution in [0.4, 0.5) is 5.82 Å². The minimum absolute atomic E-state index is 0.623. The third kappa shape index (κ3) is 3.06. The summed E-state index contributed by atoms with van der Waals surface area (Å²) in [6, 6.07) is 12.0. The molecular formula is C18H17N5OS. The average Bonchev–Trinajstić information content (AvgIpc) is 3.29. The SMILES string of the molecule is COc1cc(C)ccc1CNc1ccc2nnc(-c3ccsc3)n2n1. The summed E-state index contributed by atoms with van der Waals surface area (Å²) in [5, 5.41) is 20.4. The zero-order chi connectivity index (χ0) is 17.2. The van der Waals surface area contributed by atoms with E-state index in [-0.39, 0.29) is 0 Å². The molecule has 0 radical (unpaired) electrons. The summed E-state index contributed by atoms with van der Waals surface area (Å²) in [5.41, 5.74) is 3.99. The monoisotopic (exact) mass is 351 g/mol. The van der Waals surface area contributed by atoms with Crippen LogP contribution in [0.2, 0.25) is 0 Å². The summed E-state index contributed by atoms with van der Waals surface area (Å²) in [7, 11) is 1.69. The van der Waals surface area contributed by atoms with Crippen molar-refractivity contribution in [3.8, 4) is 17.1 Å². The van der Waals surface area contributed by atoms with Crippen molar-refractivity contribution in [2.75, 3.05) is 12.4 Å². The van der Waals surface area contributed by atoms with Crippen LogP contribution in [0.1, 0.15) is 11.1 Å². The van der Waals surface area contributed by atoms with Crippen LogP contribution in [0, 0.1) is 6.92 Å². The Balaban J connectivity index is 1.61. The Morgan fingerprint density at radius 3 is 2.88 bits per heavy atom. The van der Waals surface area contributed by atoms with Gasteiger partial charge in [0.2, 0.25) is 0 Å². The molecule has 0 aliphatic rings. The number of thiophene rings is 1. The zero-order valence-electron chi connectivity index (χ0n) is 13.9. The number of anilines is 1. The Bertz CT molecular complexity index is 1010. The smallest absolute Gasteiger partial charge is 0.186 e. The molecule has 0 atom stereocenters. The van der Waals surface area contributed by atoms with E-state index >= 15 is 0 Å². The van der Waals surface area contributed by atoms with E-state index in [2.05, 4.69) is 32.7 Å². The van der Waals surface area contributed by atoms with Gasteiger partial charge in [0.05, 0.1) is 7.11 Å². The lowest BCUT2D eigenvalue weighted by Crippen LogP contribution is -2.06. The quantitative estimate of drug-likeness (QED) is 0.593. The fraction of sp³-hybridized carbons (Fsp3) is 0.167. The Morgan fingerprint density at radius 1 is 1.16 bits per heavy atom. The van der Waals surface area contributed by atoms with Gasteiger partial charge in [-0.05, 0) is 42.1 Å². The first-order valence-electron chi connectivity index (χ1n) is 7.87. The minimum atomic E-state index is 0.623. The summed E-state index contributed by atoms with van der Waals surface area (Å²) < 4.78 is 7.22. The van der Waals surface area contributed by atoms with Gasteiger partial charge in [0.15, 0.2) is 11.5 Å². The molecule has 1 aromatic carbocycles. The van der Waals surface area contributed by atoms with Crippen LogP contribution in [0.5, 0.6) is 5.75 Å². The average molecular weight is 351 g/mol. The molecule has 0 amide bonds.